The Balaban J connectivity index is 1.88. The summed E-state index contributed by atoms with van der Waals surface area (Å²) in [6, 6.07) is 13.6. The van der Waals surface area contributed by atoms with Gasteiger partial charge in [0.05, 0.1) is 5.69 Å². The number of anilines is 1. The maximum absolute atomic E-state index is 12.5. The fraction of sp³-hybridized carbons (Fsp3) is 0.118. The number of carbonyl (C=O) groups excluding carboxylic acids is 1. The van der Waals surface area contributed by atoms with Crippen molar-refractivity contribution in [3.05, 3.63) is 64.8 Å². The van der Waals surface area contributed by atoms with Crippen molar-refractivity contribution in [2.24, 2.45) is 0 Å². The zero-order valence-corrected chi connectivity index (χ0v) is 13.1. The monoisotopic (exact) mass is 309 g/mol. The second kappa shape index (κ2) is 6.07. The van der Waals surface area contributed by atoms with E-state index in [0.29, 0.717) is 10.7 Å². The van der Waals surface area contributed by atoms with Gasteiger partial charge in [-0.3, -0.25) is 4.79 Å². The average Bonchev–Trinajstić information content (AvgIpc) is 2.92. The van der Waals surface area contributed by atoms with E-state index < -0.39 is 0 Å². The van der Waals surface area contributed by atoms with Crippen LogP contribution in [0.15, 0.2) is 48.7 Å². The highest BCUT2D eigenvalue weighted by atomic mass is 32.1. The summed E-state index contributed by atoms with van der Waals surface area (Å²) in [5.41, 5.74) is 2.68. The first-order chi connectivity index (χ1) is 10.6. The van der Waals surface area contributed by atoms with Crippen LogP contribution < -0.4 is 5.32 Å². The predicted octanol–water partition coefficient (Wildman–Crippen LogP) is 4.07. The number of rotatable bonds is 3. The third-order valence-electron chi connectivity index (χ3n) is 3.26. The summed E-state index contributed by atoms with van der Waals surface area (Å²) in [5.74, 6) is 0.417. The molecule has 0 aliphatic rings. The fourth-order valence-electron chi connectivity index (χ4n) is 2.09. The third-order valence-corrected chi connectivity index (χ3v) is 4.47. The Morgan fingerprint density at radius 2 is 1.86 bits per heavy atom. The van der Waals surface area contributed by atoms with Crippen LogP contribution in [0, 0.1) is 13.8 Å². The molecule has 0 atom stereocenters. The van der Waals surface area contributed by atoms with Gasteiger partial charge in [0.2, 0.25) is 0 Å². The average molecular weight is 309 g/mol. The molecule has 3 rings (SSSR count). The van der Waals surface area contributed by atoms with E-state index in [1.165, 1.54) is 11.3 Å². The third kappa shape index (κ3) is 2.89. The first kappa shape index (κ1) is 14.4. The van der Waals surface area contributed by atoms with Crippen LogP contribution in [0.25, 0.3) is 10.6 Å². The van der Waals surface area contributed by atoms with Crippen molar-refractivity contribution in [1.82, 2.24) is 9.97 Å². The summed E-state index contributed by atoms with van der Waals surface area (Å²) >= 11 is 1.39. The normalized spacial score (nSPS) is 10.5. The zero-order chi connectivity index (χ0) is 15.5. The number of aryl methyl sites for hydroxylation is 2. The molecule has 3 aromatic rings. The highest BCUT2D eigenvalue weighted by Gasteiger charge is 2.17. The summed E-state index contributed by atoms with van der Waals surface area (Å²) < 4.78 is 0. The van der Waals surface area contributed by atoms with Crippen molar-refractivity contribution in [3.8, 4) is 10.6 Å². The van der Waals surface area contributed by atoms with Crippen molar-refractivity contribution in [2.45, 2.75) is 13.8 Å². The lowest BCUT2D eigenvalue weighted by Gasteiger charge is -2.05. The van der Waals surface area contributed by atoms with Gasteiger partial charge >= 0.3 is 0 Å². The van der Waals surface area contributed by atoms with Gasteiger partial charge in [-0.25, -0.2) is 9.97 Å². The fourth-order valence-corrected chi connectivity index (χ4v) is 3.06. The number of thiazole rings is 1. The Hall–Kier alpha value is -2.53. The molecule has 1 aromatic carbocycles. The molecule has 1 N–H and O–H groups in total. The van der Waals surface area contributed by atoms with Gasteiger partial charge in [0.15, 0.2) is 0 Å². The highest BCUT2D eigenvalue weighted by molar-refractivity contribution is 7.17. The van der Waals surface area contributed by atoms with Gasteiger partial charge in [-0.05, 0) is 25.5 Å². The van der Waals surface area contributed by atoms with Crippen LogP contribution in [0.2, 0.25) is 0 Å². The van der Waals surface area contributed by atoms with E-state index in [2.05, 4.69) is 15.3 Å². The molecule has 22 heavy (non-hydrogen) atoms. The minimum atomic E-state index is -0.168. The Kier molecular flexibility index (Phi) is 3.98. The van der Waals surface area contributed by atoms with Crippen molar-refractivity contribution in [1.29, 1.82) is 0 Å². The lowest BCUT2D eigenvalue weighted by atomic mass is 10.2. The zero-order valence-electron chi connectivity index (χ0n) is 12.3. The molecule has 110 valence electrons. The maximum Gasteiger partial charge on any atom is 0.268 e. The summed E-state index contributed by atoms with van der Waals surface area (Å²) in [4.78, 5) is 21.8. The van der Waals surface area contributed by atoms with E-state index >= 15 is 0 Å². The van der Waals surface area contributed by atoms with Gasteiger partial charge in [0, 0.05) is 11.8 Å². The van der Waals surface area contributed by atoms with E-state index in [-0.39, 0.29) is 5.91 Å². The second-order valence-electron chi connectivity index (χ2n) is 4.92. The first-order valence-electron chi connectivity index (χ1n) is 6.91. The highest BCUT2D eigenvalue weighted by Crippen LogP contribution is 2.28. The van der Waals surface area contributed by atoms with Crippen molar-refractivity contribution >= 4 is 23.1 Å². The van der Waals surface area contributed by atoms with Crippen molar-refractivity contribution in [2.75, 3.05) is 5.32 Å². The van der Waals surface area contributed by atoms with Crippen LogP contribution in [-0.2, 0) is 0 Å². The number of nitrogens with zero attached hydrogens (tertiary/aromatic N) is 2. The van der Waals surface area contributed by atoms with Gasteiger partial charge in [0.1, 0.15) is 15.7 Å². The predicted molar refractivity (Wildman–Crippen MR) is 89.2 cm³/mol. The van der Waals surface area contributed by atoms with Gasteiger partial charge in [0.25, 0.3) is 5.91 Å². The molecule has 0 bridgehead atoms. The molecule has 0 aliphatic heterocycles. The number of nitrogens with one attached hydrogen (secondary N) is 1. The minimum Gasteiger partial charge on any atom is -0.306 e. The standard InChI is InChI=1S/C17H15N3OS/c1-11-7-6-10-18-15(11)20-16(21)14-12(2)19-17(22-14)13-8-4-3-5-9-13/h3-10H,1-2H3,(H,18,20,21). The quantitative estimate of drug-likeness (QED) is 0.793. The molecule has 2 aromatic heterocycles. The molecule has 0 radical (unpaired) electrons. The number of aromatic nitrogens is 2. The molecule has 0 unspecified atom stereocenters. The maximum atomic E-state index is 12.5. The van der Waals surface area contributed by atoms with Crippen molar-refractivity contribution in [3.63, 3.8) is 0 Å². The molecule has 0 spiro atoms. The molecule has 0 fully saturated rings. The molecule has 5 heteroatoms. The van der Waals surface area contributed by atoms with Crippen LogP contribution in [0.3, 0.4) is 0 Å². The first-order valence-corrected chi connectivity index (χ1v) is 7.72. The molecule has 0 saturated carbocycles. The Bertz CT molecular complexity index is 812. The van der Waals surface area contributed by atoms with Crippen LogP contribution in [-0.4, -0.2) is 15.9 Å². The van der Waals surface area contributed by atoms with Gasteiger partial charge in [-0.15, -0.1) is 11.3 Å². The van der Waals surface area contributed by atoms with Crippen LogP contribution >= 0.6 is 11.3 Å². The summed E-state index contributed by atoms with van der Waals surface area (Å²) in [7, 11) is 0. The smallest absolute Gasteiger partial charge is 0.268 e. The lowest BCUT2D eigenvalue weighted by Crippen LogP contribution is -2.13. The van der Waals surface area contributed by atoms with E-state index in [1.54, 1.807) is 6.20 Å². The number of pyridine rings is 1. The van der Waals surface area contributed by atoms with Gasteiger partial charge in [-0.2, -0.15) is 0 Å². The molecule has 2 heterocycles. The van der Waals surface area contributed by atoms with Crippen LogP contribution in [0.4, 0.5) is 5.82 Å². The number of carbonyl (C=O) groups is 1. The Morgan fingerprint density at radius 1 is 1.09 bits per heavy atom. The SMILES string of the molecule is Cc1cccnc1NC(=O)c1sc(-c2ccccc2)nc1C. The number of benzene rings is 1. The van der Waals surface area contributed by atoms with Crippen LogP contribution in [0.1, 0.15) is 20.9 Å². The van der Waals surface area contributed by atoms with E-state index in [4.69, 9.17) is 0 Å². The molecule has 4 nitrogen and oxygen atoms in total. The van der Waals surface area contributed by atoms with E-state index in [9.17, 15) is 4.79 Å². The van der Waals surface area contributed by atoms with E-state index in [1.807, 2.05) is 56.3 Å². The Morgan fingerprint density at radius 3 is 2.59 bits per heavy atom. The van der Waals surface area contributed by atoms with Gasteiger partial charge < -0.3 is 5.32 Å². The largest absolute Gasteiger partial charge is 0.306 e. The molecule has 0 aliphatic carbocycles. The summed E-state index contributed by atoms with van der Waals surface area (Å²) in [5, 5.41) is 3.70. The molecule has 1 amide bonds. The molecular formula is C17H15N3OS. The lowest BCUT2D eigenvalue weighted by molar-refractivity contribution is 0.102. The minimum absolute atomic E-state index is 0.168. The van der Waals surface area contributed by atoms with Crippen molar-refractivity contribution < 1.29 is 4.79 Å². The topological polar surface area (TPSA) is 54.9 Å². The number of hydrogen-bond acceptors (Lipinski definition) is 4. The van der Waals surface area contributed by atoms with E-state index in [0.717, 1.165) is 21.8 Å². The van der Waals surface area contributed by atoms with Gasteiger partial charge in [-0.1, -0.05) is 36.4 Å². The summed E-state index contributed by atoms with van der Waals surface area (Å²) in [6.45, 7) is 3.76. The number of hydrogen-bond donors (Lipinski definition) is 1. The second-order valence-corrected chi connectivity index (χ2v) is 5.92. The number of amides is 1. The molecular weight excluding hydrogens is 294 g/mol. The Labute approximate surface area is 132 Å². The summed E-state index contributed by atoms with van der Waals surface area (Å²) in [6.07, 6.45) is 1.66. The van der Waals surface area contributed by atoms with Crippen LogP contribution in [0.5, 0.6) is 0 Å². The molecule has 0 saturated heterocycles.